The quantitative estimate of drug-likeness (QED) is 0.690. The Kier molecular flexibility index (Phi) is 3.19. The molecule has 1 aromatic heterocycles. The van der Waals surface area contributed by atoms with Gasteiger partial charge in [0.1, 0.15) is 12.3 Å². The highest BCUT2D eigenvalue weighted by Gasteiger charge is 2.08. The summed E-state index contributed by atoms with van der Waals surface area (Å²) in [5.74, 6) is -1.13. The molecule has 1 rings (SSSR count). The molecule has 0 unspecified atom stereocenters. The zero-order valence-electron chi connectivity index (χ0n) is 6.88. The molecule has 0 fully saturated rings. The third-order valence-corrected chi connectivity index (χ3v) is 1.62. The molecule has 0 radical (unpaired) electrons. The monoisotopic (exact) mass is 203 g/mol. The predicted octanol–water partition coefficient (Wildman–Crippen LogP) is 1.94. The number of ether oxygens (including phenoxy) is 1. The average molecular weight is 204 g/mol. The number of esters is 1. The summed E-state index contributed by atoms with van der Waals surface area (Å²) >= 11 is 5.47. The number of nitrogens with zero attached hydrogens (tertiary/aromatic N) is 1. The van der Waals surface area contributed by atoms with Gasteiger partial charge in [-0.3, -0.25) is 9.78 Å². The first-order valence-electron chi connectivity index (χ1n) is 3.53. The Morgan fingerprint density at radius 3 is 3.08 bits per heavy atom. The standard InChI is InChI=1S/C8H7ClFNO2/c1-5(12)13-4-7-8(10)6(9)2-3-11-7/h2-3H,4H2,1H3. The van der Waals surface area contributed by atoms with Gasteiger partial charge in [-0.1, -0.05) is 11.6 Å². The minimum absolute atomic E-state index is 0.0303. The number of carbonyl (C=O) groups is 1. The number of pyridine rings is 1. The van der Waals surface area contributed by atoms with Crippen LogP contribution in [0.2, 0.25) is 5.02 Å². The van der Waals surface area contributed by atoms with Crippen LogP contribution < -0.4 is 0 Å². The van der Waals surface area contributed by atoms with Crippen molar-refractivity contribution in [1.29, 1.82) is 0 Å². The van der Waals surface area contributed by atoms with Crippen LogP contribution in [0.25, 0.3) is 0 Å². The van der Waals surface area contributed by atoms with Crippen LogP contribution in [0.15, 0.2) is 12.3 Å². The minimum Gasteiger partial charge on any atom is -0.459 e. The summed E-state index contributed by atoms with van der Waals surface area (Å²) in [6.45, 7) is 1.05. The van der Waals surface area contributed by atoms with Crippen LogP contribution in [0.1, 0.15) is 12.6 Å². The van der Waals surface area contributed by atoms with E-state index in [1.54, 1.807) is 0 Å². The van der Waals surface area contributed by atoms with Crippen LogP contribution in [0.4, 0.5) is 4.39 Å². The summed E-state index contributed by atoms with van der Waals surface area (Å²) in [6, 6.07) is 1.33. The lowest BCUT2D eigenvalue weighted by molar-refractivity contribution is -0.142. The van der Waals surface area contributed by atoms with Crippen molar-refractivity contribution in [2.24, 2.45) is 0 Å². The molecule has 0 aliphatic carbocycles. The van der Waals surface area contributed by atoms with Crippen molar-refractivity contribution in [3.8, 4) is 0 Å². The molecule has 0 aromatic carbocycles. The van der Waals surface area contributed by atoms with Gasteiger partial charge >= 0.3 is 5.97 Å². The maximum absolute atomic E-state index is 13.1. The largest absolute Gasteiger partial charge is 0.459 e. The minimum atomic E-state index is -0.648. The highest BCUT2D eigenvalue weighted by molar-refractivity contribution is 6.30. The van der Waals surface area contributed by atoms with Gasteiger partial charge in [-0.15, -0.1) is 0 Å². The lowest BCUT2D eigenvalue weighted by Gasteiger charge is -2.02. The molecule has 0 N–H and O–H groups in total. The zero-order chi connectivity index (χ0) is 9.84. The van der Waals surface area contributed by atoms with Crippen molar-refractivity contribution in [3.63, 3.8) is 0 Å². The van der Waals surface area contributed by atoms with E-state index < -0.39 is 11.8 Å². The number of aromatic nitrogens is 1. The number of hydrogen-bond donors (Lipinski definition) is 0. The van der Waals surface area contributed by atoms with E-state index in [1.165, 1.54) is 19.2 Å². The van der Waals surface area contributed by atoms with Gasteiger partial charge in [-0.05, 0) is 6.07 Å². The molecule has 1 aromatic rings. The van der Waals surface area contributed by atoms with E-state index in [1.807, 2.05) is 0 Å². The third-order valence-electron chi connectivity index (χ3n) is 1.33. The molecule has 0 aliphatic rings. The average Bonchev–Trinajstić information content (AvgIpc) is 2.07. The zero-order valence-corrected chi connectivity index (χ0v) is 7.64. The van der Waals surface area contributed by atoms with Crippen molar-refractivity contribution < 1.29 is 13.9 Å². The van der Waals surface area contributed by atoms with Crippen molar-refractivity contribution in [2.45, 2.75) is 13.5 Å². The first kappa shape index (κ1) is 9.92. The molecular weight excluding hydrogens is 197 g/mol. The molecular formula is C8H7ClFNO2. The van der Waals surface area contributed by atoms with Gasteiger partial charge in [-0.25, -0.2) is 4.39 Å². The second kappa shape index (κ2) is 4.18. The Labute approximate surface area is 79.5 Å². The highest BCUT2D eigenvalue weighted by atomic mass is 35.5. The van der Waals surface area contributed by atoms with Gasteiger partial charge in [-0.2, -0.15) is 0 Å². The van der Waals surface area contributed by atoms with Crippen LogP contribution in [0, 0.1) is 5.82 Å². The van der Waals surface area contributed by atoms with E-state index in [9.17, 15) is 9.18 Å². The van der Waals surface area contributed by atoms with Crippen LogP contribution in [-0.4, -0.2) is 11.0 Å². The van der Waals surface area contributed by atoms with Crippen LogP contribution >= 0.6 is 11.6 Å². The molecule has 5 heteroatoms. The van der Waals surface area contributed by atoms with E-state index in [0.717, 1.165) is 0 Å². The number of rotatable bonds is 2. The fourth-order valence-corrected chi connectivity index (χ4v) is 0.896. The Balaban J connectivity index is 2.77. The van der Waals surface area contributed by atoms with Gasteiger partial charge in [0.15, 0.2) is 5.82 Å². The second-order valence-electron chi connectivity index (χ2n) is 2.33. The first-order chi connectivity index (χ1) is 6.11. The molecule has 3 nitrogen and oxygen atoms in total. The van der Waals surface area contributed by atoms with E-state index in [2.05, 4.69) is 9.72 Å². The Bertz CT molecular complexity index is 330. The first-order valence-corrected chi connectivity index (χ1v) is 3.91. The fraction of sp³-hybridized carbons (Fsp3) is 0.250. The lowest BCUT2D eigenvalue weighted by atomic mass is 10.3. The maximum atomic E-state index is 13.1. The van der Waals surface area contributed by atoms with Gasteiger partial charge in [0.05, 0.1) is 5.02 Å². The fourth-order valence-electron chi connectivity index (χ4n) is 0.731. The summed E-state index contributed by atoms with van der Waals surface area (Å²) in [6.07, 6.45) is 1.35. The maximum Gasteiger partial charge on any atom is 0.303 e. The lowest BCUT2D eigenvalue weighted by Crippen LogP contribution is -2.03. The van der Waals surface area contributed by atoms with E-state index in [0.29, 0.717) is 0 Å². The van der Waals surface area contributed by atoms with Crippen molar-refractivity contribution in [2.75, 3.05) is 0 Å². The number of hydrogen-bond acceptors (Lipinski definition) is 3. The van der Waals surface area contributed by atoms with Crippen molar-refractivity contribution in [3.05, 3.63) is 28.8 Å². The van der Waals surface area contributed by atoms with Crippen molar-refractivity contribution in [1.82, 2.24) is 4.98 Å². The predicted molar refractivity (Wildman–Crippen MR) is 44.7 cm³/mol. The number of halogens is 2. The third kappa shape index (κ3) is 2.66. The van der Waals surface area contributed by atoms with E-state index >= 15 is 0 Å². The molecule has 0 amide bonds. The summed E-state index contributed by atoms with van der Waals surface area (Å²) in [4.78, 5) is 14.1. The Morgan fingerprint density at radius 1 is 1.77 bits per heavy atom. The molecule has 0 bridgehead atoms. The molecule has 13 heavy (non-hydrogen) atoms. The molecule has 0 saturated heterocycles. The number of carbonyl (C=O) groups excluding carboxylic acids is 1. The summed E-state index contributed by atoms with van der Waals surface area (Å²) < 4.78 is 17.6. The van der Waals surface area contributed by atoms with Crippen LogP contribution in [0.3, 0.4) is 0 Å². The molecule has 0 spiro atoms. The Morgan fingerprint density at radius 2 is 2.46 bits per heavy atom. The SMILES string of the molecule is CC(=O)OCc1nccc(Cl)c1F. The second-order valence-corrected chi connectivity index (χ2v) is 2.74. The van der Waals surface area contributed by atoms with E-state index in [4.69, 9.17) is 11.6 Å². The summed E-state index contributed by atoms with van der Waals surface area (Å²) in [5.41, 5.74) is 0.0303. The Hall–Kier alpha value is -1.16. The summed E-state index contributed by atoms with van der Waals surface area (Å²) in [5, 5.41) is -0.0304. The molecule has 70 valence electrons. The van der Waals surface area contributed by atoms with Gasteiger partial charge in [0.2, 0.25) is 0 Å². The van der Waals surface area contributed by atoms with Crippen LogP contribution in [-0.2, 0) is 16.1 Å². The molecule has 0 aliphatic heterocycles. The molecule has 0 atom stereocenters. The highest BCUT2D eigenvalue weighted by Crippen LogP contribution is 2.15. The van der Waals surface area contributed by atoms with Crippen molar-refractivity contribution >= 4 is 17.6 Å². The summed E-state index contributed by atoms with van der Waals surface area (Å²) in [7, 11) is 0. The van der Waals surface area contributed by atoms with E-state index in [-0.39, 0.29) is 17.3 Å². The normalized spacial score (nSPS) is 9.77. The smallest absolute Gasteiger partial charge is 0.303 e. The van der Waals surface area contributed by atoms with Gasteiger partial charge < -0.3 is 4.74 Å². The van der Waals surface area contributed by atoms with Gasteiger partial charge in [0, 0.05) is 13.1 Å². The molecule has 1 heterocycles. The van der Waals surface area contributed by atoms with Gasteiger partial charge in [0.25, 0.3) is 0 Å². The topological polar surface area (TPSA) is 39.2 Å². The van der Waals surface area contributed by atoms with Crippen LogP contribution in [0.5, 0.6) is 0 Å². The molecule has 0 saturated carbocycles.